The summed E-state index contributed by atoms with van der Waals surface area (Å²) in [5.74, 6) is -0.274. The van der Waals surface area contributed by atoms with Crippen LogP contribution in [0.2, 0.25) is 0 Å². The van der Waals surface area contributed by atoms with E-state index in [2.05, 4.69) is 0 Å². The maximum absolute atomic E-state index is 12.4. The van der Waals surface area contributed by atoms with Crippen LogP contribution >= 0.6 is 0 Å². The molecule has 0 saturated carbocycles. The Kier molecular flexibility index (Phi) is 2.78. The van der Waals surface area contributed by atoms with Gasteiger partial charge in [-0.2, -0.15) is 5.26 Å². The lowest BCUT2D eigenvalue weighted by molar-refractivity contribution is 0.626. The van der Waals surface area contributed by atoms with Crippen molar-refractivity contribution < 1.29 is 4.39 Å². The molecule has 0 unspecified atom stereocenters. The summed E-state index contributed by atoms with van der Waals surface area (Å²) in [5, 5.41) is 8.40. The van der Waals surface area contributed by atoms with E-state index in [4.69, 9.17) is 11.0 Å². The molecule has 0 bridgehead atoms. The minimum absolute atomic E-state index is 0.274. The van der Waals surface area contributed by atoms with Gasteiger partial charge >= 0.3 is 0 Å². The fourth-order valence-corrected chi connectivity index (χ4v) is 0.920. The summed E-state index contributed by atoms with van der Waals surface area (Å²) in [6.45, 7) is 0. The van der Waals surface area contributed by atoms with Gasteiger partial charge in [-0.05, 0) is 17.7 Å². The zero-order valence-electron chi connectivity index (χ0n) is 6.50. The molecule has 0 aromatic heterocycles. The van der Waals surface area contributed by atoms with Gasteiger partial charge in [0.1, 0.15) is 5.82 Å². The highest BCUT2D eigenvalue weighted by Crippen LogP contribution is 2.04. The van der Waals surface area contributed by atoms with Crippen molar-refractivity contribution in [1.82, 2.24) is 0 Å². The summed E-state index contributed by atoms with van der Waals surface area (Å²) < 4.78 is 12.4. The Balaban J connectivity index is 2.66. The summed E-state index contributed by atoms with van der Waals surface area (Å²) in [4.78, 5) is 0. The number of nitriles is 1. The molecule has 1 aromatic carbocycles. The van der Waals surface area contributed by atoms with Crippen LogP contribution in [0.5, 0.6) is 0 Å². The standard InChI is InChI=1S/C9H9FN2/c10-8-3-1-7(2-4-8)5-9(12)6-11/h1-4,9H,5,12H2/t9-/m0/s1. The number of rotatable bonds is 2. The van der Waals surface area contributed by atoms with Crippen LogP contribution in [0.3, 0.4) is 0 Å². The van der Waals surface area contributed by atoms with Crippen LogP contribution in [-0.4, -0.2) is 6.04 Å². The van der Waals surface area contributed by atoms with E-state index in [1.165, 1.54) is 12.1 Å². The summed E-state index contributed by atoms with van der Waals surface area (Å²) >= 11 is 0. The molecule has 1 atom stereocenters. The van der Waals surface area contributed by atoms with Crippen molar-refractivity contribution in [2.75, 3.05) is 0 Å². The van der Waals surface area contributed by atoms with Crippen molar-refractivity contribution >= 4 is 0 Å². The van der Waals surface area contributed by atoms with Crippen LogP contribution in [-0.2, 0) is 6.42 Å². The summed E-state index contributed by atoms with van der Waals surface area (Å²) in [6, 6.07) is 7.39. The predicted molar refractivity (Wildman–Crippen MR) is 43.7 cm³/mol. The van der Waals surface area contributed by atoms with E-state index in [9.17, 15) is 4.39 Å². The van der Waals surface area contributed by atoms with E-state index >= 15 is 0 Å². The average molecular weight is 164 g/mol. The molecule has 0 heterocycles. The number of hydrogen-bond donors (Lipinski definition) is 1. The normalized spacial score (nSPS) is 12.1. The third-order valence-electron chi connectivity index (χ3n) is 1.53. The Morgan fingerprint density at radius 1 is 1.42 bits per heavy atom. The van der Waals surface area contributed by atoms with Crippen molar-refractivity contribution in [3.63, 3.8) is 0 Å². The second-order valence-corrected chi connectivity index (χ2v) is 2.57. The van der Waals surface area contributed by atoms with Gasteiger partial charge < -0.3 is 5.73 Å². The van der Waals surface area contributed by atoms with Gasteiger partial charge in [-0.1, -0.05) is 12.1 Å². The van der Waals surface area contributed by atoms with Gasteiger partial charge in [0.25, 0.3) is 0 Å². The second-order valence-electron chi connectivity index (χ2n) is 2.57. The lowest BCUT2D eigenvalue weighted by Gasteiger charge is -2.01. The zero-order chi connectivity index (χ0) is 8.97. The average Bonchev–Trinajstić information content (AvgIpc) is 2.09. The molecule has 12 heavy (non-hydrogen) atoms. The number of nitrogens with two attached hydrogens (primary N) is 1. The Hall–Kier alpha value is -1.40. The minimum atomic E-state index is -0.504. The molecular formula is C9H9FN2. The van der Waals surface area contributed by atoms with Gasteiger partial charge in [0.15, 0.2) is 0 Å². The molecule has 0 aliphatic heterocycles. The predicted octanol–water partition coefficient (Wildman–Crippen LogP) is 1.22. The highest BCUT2D eigenvalue weighted by Gasteiger charge is 2.01. The van der Waals surface area contributed by atoms with Gasteiger partial charge in [-0.15, -0.1) is 0 Å². The number of halogens is 1. The first kappa shape index (κ1) is 8.69. The summed E-state index contributed by atoms with van der Waals surface area (Å²) in [5.41, 5.74) is 6.27. The molecule has 1 rings (SSSR count). The van der Waals surface area contributed by atoms with E-state index in [1.807, 2.05) is 6.07 Å². The first-order chi connectivity index (χ1) is 5.72. The molecule has 62 valence electrons. The van der Waals surface area contributed by atoms with Crippen molar-refractivity contribution in [3.05, 3.63) is 35.6 Å². The van der Waals surface area contributed by atoms with Crippen LogP contribution in [0.15, 0.2) is 24.3 Å². The fourth-order valence-electron chi connectivity index (χ4n) is 0.920. The Labute approximate surface area is 70.4 Å². The molecule has 0 radical (unpaired) electrons. The first-order valence-electron chi connectivity index (χ1n) is 3.62. The molecule has 1 aromatic rings. The van der Waals surface area contributed by atoms with Gasteiger partial charge in [-0.25, -0.2) is 4.39 Å². The molecule has 0 amide bonds. The third kappa shape index (κ3) is 2.33. The van der Waals surface area contributed by atoms with Crippen molar-refractivity contribution in [2.24, 2.45) is 5.73 Å². The fraction of sp³-hybridized carbons (Fsp3) is 0.222. The van der Waals surface area contributed by atoms with Gasteiger partial charge in [-0.3, -0.25) is 0 Å². The van der Waals surface area contributed by atoms with Gasteiger partial charge in [0, 0.05) is 6.42 Å². The van der Waals surface area contributed by atoms with Crippen molar-refractivity contribution in [3.8, 4) is 6.07 Å². The van der Waals surface area contributed by atoms with Crippen LogP contribution in [0.4, 0.5) is 4.39 Å². The van der Waals surface area contributed by atoms with Gasteiger partial charge in [0.2, 0.25) is 0 Å². The molecule has 2 nitrogen and oxygen atoms in total. The van der Waals surface area contributed by atoms with Crippen molar-refractivity contribution in [2.45, 2.75) is 12.5 Å². The van der Waals surface area contributed by atoms with E-state index < -0.39 is 6.04 Å². The van der Waals surface area contributed by atoms with Crippen LogP contribution in [0.1, 0.15) is 5.56 Å². The zero-order valence-corrected chi connectivity index (χ0v) is 6.50. The highest BCUT2D eigenvalue weighted by atomic mass is 19.1. The van der Waals surface area contributed by atoms with E-state index in [0.29, 0.717) is 6.42 Å². The SMILES string of the molecule is N#C[C@@H](N)Cc1ccc(F)cc1. The quantitative estimate of drug-likeness (QED) is 0.714. The van der Waals surface area contributed by atoms with Gasteiger partial charge in [0.05, 0.1) is 12.1 Å². The van der Waals surface area contributed by atoms with Crippen molar-refractivity contribution in [1.29, 1.82) is 5.26 Å². The largest absolute Gasteiger partial charge is 0.316 e. The topological polar surface area (TPSA) is 49.8 Å². The monoisotopic (exact) mass is 164 g/mol. The number of benzene rings is 1. The molecular weight excluding hydrogens is 155 g/mol. The molecule has 0 saturated heterocycles. The molecule has 0 aliphatic rings. The first-order valence-corrected chi connectivity index (χ1v) is 3.62. The summed E-state index contributed by atoms with van der Waals surface area (Å²) in [7, 11) is 0. The Bertz CT molecular complexity index is 286. The van der Waals surface area contributed by atoms with E-state index in [1.54, 1.807) is 12.1 Å². The molecule has 0 spiro atoms. The number of nitrogens with zero attached hydrogens (tertiary/aromatic N) is 1. The smallest absolute Gasteiger partial charge is 0.123 e. The minimum Gasteiger partial charge on any atom is -0.316 e. The van der Waals surface area contributed by atoms with Crippen LogP contribution in [0, 0.1) is 17.1 Å². The Morgan fingerprint density at radius 2 is 2.00 bits per heavy atom. The summed E-state index contributed by atoms with van der Waals surface area (Å²) in [6.07, 6.45) is 0.469. The van der Waals surface area contributed by atoms with E-state index in [-0.39, 0.29) is 5.82 Å². The lowest BCUT2D eigenvalue weighted by Crippen LogP contribution is -2.19. The highest BCUT2D eigenvalue weighted by molar-refractivity contribution is 5.18. The molecule has 2 N–H and O–H groups in total. The lowest BCUT2D eigenvalue weighted by atomic mass is 10.1. The maximum Gasteiger partial charge on any atom is 0.123 e. The van der Waals surface area contributed by atoms with Crippen LogP contribution in [0.25, 0.3) is 0 Å². The van der Waals surface area contributed by atoms with E-state index in [0.717, 1.165) is 5.56 Å². The maximum atomic E-state index is 12.4. The molecule has 3 heteroatoms. The number of hydrogen-bond acceptors (Lipinski definition) is 2. The Morgan fingerprint density at radius 3 is 2.50 bits per heavy atom. The van der Waals surface area contributed by atoms with Crippen LogP contribution < -0.4 is 5.73 Å². The third-order valence-corrected chi connectivity index (χ3v) is 1.53. The molecule has 0 fully saturated rings. The molecule has 0 aliphatic carbocycles. The second kappa shape index (κ2) is 3.84.